The normalized spacial score (nSPS) is 13.7. The topological polar surface area (TPSA) is 75.9 Å². The van der Waals surface area contributed by atoms with Crippen LogP contribution in [-0.2, 0) is 4.74 Å². The third-order valence-corrected chi connectivity index (χ3v) is 6.85. The molecule has 4 heterocycles. The van der Waals surface area contributed by atoms with Crippen molar-refractivity contribution >= 4 is 28.3 Å². The zero-order chi connectivity index (χ0) is 29.1. The number of hydrogen-bond donors (Lipinski definition) is 0. The fourth-order valence-corrected chi connectivity index (χ4v) is 4.94. The number of benzene rings is 2. The summed E-state index contributed by atoms with van der Waals surface area (Å²) in [6.45, 7) is 11.6. The number of amides is 1. The molecule has 1 aliphatic heterocycles. The number of carbonyl (C=O) groups excluding carboxylic acids is 1. The molecular formula is C32H35FN6O2. The van der Waals surface area contributed by atoms with Crippen molar-refractivity contribution in [2.24, 2.45) is 0 Å². The van der Waals surface area contributed by atoms with Crippen LogP contribution in [0.4, 0.5) is 14.9 Å². The standard InChI is InChI=1S/C30H29FN6O2.C2H6/c1-30(2,3)39-29(38)36-14-12-35(13-15-36)27-9-8-20(16-25(27)31)21-17-33-28-24(18-34-37(28)19-21)22-10-11-32-26-7-5-4-6-23(22)26;1-2/h4-11,16-19H,12-15H2,1-3H3;1-2H3. The molecule has 0 unspecified atom stereocenters. The van der Waals surface area contributed by atoms with E-state index in [1.807, 2.05) is 82.1 Å². The first kappa shape index (κ1) is 28.0. The number of fused-ring (bicyclic) bond motifs is 2. The van der Waals surface area contributed by atoms with Gasteiger partial charge in [-0.1, -0.05) is 38.1 Å². The van der Waals surface area contributed by atoms with E-state index in [2.05, 4.69) is 10.1 Å². The molecule has 0 N–H and O–H groups in total. The van der Waals surface area contributed by atoms with Crippen molar-refractivity contribution < 1.29 is 13.9 Å². The number of hydrogen-bond acceptors (Lipinski definition) is 6. The van der Waals surface area contributed by atoms with Crippen LogP contribution >= 0.6 is 0 Å². The van der Waals surface area contributed by atoms with Crippen LogP contribution in [0.5, 0.6) is 0 Å². The highest BCUT2D eigenvalue weighted by molar-refractivity contribution is 5.97. The Hall–Kier alpha value is -4.53. The lowest BCUT2D eigenvalue weighted by Crippen LogP contribution is -2.50. The van der Waals surface area contributed by atoms with Crippen LogP contribution in [0.2, 0.25) is 0 Å². The lowest BCUT2D eigenvalue weighted by atomic mass is 10.0. The maximum Gasteiger partial charge on any atom is 0.410 e. The van der Waals surface area contributed by atoms with Crippen molar-refractivity contribution in [2.75, 3.05) is 31.1 Å². The number of halogens is 1. The van der Waals surface area contributed by atoms with E-state index in [4.69, 9.17) is 9.72 Å². The van der Waals surface area contributed by atoms with Gasteiger partial charge in [0.25, 0.3) is 0 Å². The molecule has 0 spiro atoms. The van der Waals surface area contributed by atoms with Crippen LogP contribution in [0.1, 0.15) is 34.6 Å². The Kier molecular flexibility index (Phi) is 7.88. The van der Waals surface area contributed by atoms with Gasteiger partial charge in [-0.05, 0) is 56.2 Å². The second-order valence-corrected chi connectivity index (χ2v) is 10.7. The van der Waals surface area contributed by atoms with Crippen LogP contribution in [0.25, 0.3) is 38.8 Å². The largest absolute Gasteiger partial charge is 0.444 e. The third-order valence-electron chi connectivity index (χ3n) is 6.85. The minimum atomic E-state index is -0.542. The highest BCUT2D eigenvalue weighted by atomic mass is 19.1. The van der Waals surface area contributed by atoms with Crippen LogP contribution < -0.4 is 4.90 Å². The summed E-state index contributed by atoms with van der Waals surface area (Å²) >= 11 is 0. The summed E-state index contributed by atoms with van der Waals surface area (Å²) in [6, 6.07) is 15.2. The maximum absolute atomic E-state index is 15.3. The fourth-order valence-electron chi connectivity index (χ4n) is 4.94. The summed E-state index contributed by atoms with van der Waals surface area (Å²) in [4.78, 5) is 25.1. The summed E-state index contributed by atoms with van der Waals surface area (Å²) in [5, 5.41) is 5.57. The molecule has 1 amide bonds. The SMILES string of the molecule is CC.CC(C)(C)OC(=O)N1CCN(c2ccc(-c3cnc4c(-c5ccnc6ccccc56)cnn4c3)cc2F)CC1. The Morgan fingerprint density at radius 3 is 2.39 bits per heavy atom. The number of rotatable bonds is 3. The zero-order valence-corrected chi connectivity index (χ0v) is 24.1. The van der Waals surface area contributed by atoms with E-state index in [-0.39, 0.29) is 11.9 Å². The molecule has 8 nitrogen and oxygen atoms in total. The number of pyridine rings is 1. The number of carbonyl (C=O) groups is 1. The molecule has 5 aromatic rings. The molecule has 2 aromatic carbocycles. The average Bonchev–Trinajstić information content (AvgIpc) is 3.40. The lowest BCUT2D eigenvalue weighted by Gasteiger charge is -2.36. The van der Waals surface area contributed by atoms with E-state index in [1.165, 1.54) is 6.07 Å². The fraction of sp³-hybridized carbons (Fsp3) is 0.312. The Bertz CT molecular complexity index is 1680. The molecule has 3 aromatic heterocycles. The highest BCUT2D eigenvalue weighted by Gasteiger charge is 2.27. The van der Waals surface area contributed by atoms with E-state index < -0.39 is 5.60 Å². The van der Waals surface area contributed by atoms with Crippen molar-refractivity contribution in [2.45, 2.75) is 40.2 Å². The predicted octanol–water partition coefficient (Wildman–Crippen LogP) is 6.83. The minimum Gasteiger partial charge on any atom is -0.444 e. The Balaban J connectivity index is 0.00000165. The average molecular weight is 555 g/mol. The van der Waals surface area contributed by atoms with E-state index in [9.17, 15) is 4.79 Å². The Labute approximate surface area is 239 Å². The van der Waals surface area contributed by atoms with Gasteiger partial charge in [0.05, 0.1) is 17.4 Å². The van der Waals surface area contributed by atoms with E-state index in [0.717, 1.165) is 33.2 Å². The number of ether oxygens (including phenoxy) is 1. The molecule has 1 saturated heterocycles. The summed E-state index contributed by atoms with van der Waals surface area (Å²) < 4.78 is 22.5. The summed E-state index contributed by atoms with van der Waals surface area (Å²) in [5.74, 6) is -0.317. The highest BCUT2D eigenvalue weighted by Crippen LogP contribution is 2.32. The first-order valence-electron chi connectivity index (χ1n) is 14.0. The lowest BCUT2D eigenvalue weighted by molar-refractivity contribution is 0.0240. The van der Waals surface area contributed by atoms with Gasteiger partial charge < -0.3 is 14.5 Å². The van der Waals surface area contributed by atoms with Crippen molar-refractivity contribution in [3.05, 3.63) is 79.1 Å². The molecule has 0 aliphatic carbocycles. The second kappa shape index (κ2) is 11.5. The van der Waals surface area contributed by atoms with E-state index >= 15 is 4.39 Å². The smallest absolute Gasteiger partial charge is 0.410 e. The van der Waals surface area contributed by atoms with Gasteiger partial charge in [0, 0.05) is 61.3 Å². The molecule has 1 aliphatic rings. The third kappa shape index (κ3) is 5.84. The monoisotopic (exact) mass is 554 g/mol. The van der Waals surface area contributed by atoms with Gasteiger partial charge in [-0.25, -0.2) is 18.7 Å². The van der Waals surface area contributed by atoms with Crippen LogP contribution in [-0.4, -0.2) is 62.4 Å². The summed E-state index contributed by atoms with van der Waals surface area (Å²) in [7, 11) is 0. The minimum absolute atomic E-state index is 0.317. The molecule has 6 rings (SSSR count). The van der Waals surface area contributed by atoms with E-state index in [1.54, 1.807) is 34.1 Å². The number of nitrogens with zero attached hydrogens (tertiary/aromatic N) is 6. The Morgan fingerprint density at radius 1 is 0.902 bits per heavy atom. The molecule has 0 saturated carbocycles. The Morgan fingerprint density at radius 2 is 1.66 bits per heavy atom. The first-order chi connectivity index (χ1) is 19.8. The van der Waals surface area contributed by atoms with Gasteiger partial charge in [-0.2, -0.15) is 5.10 Å². The number of anilines is 1. The van der Waals surface area contributed by atoms with Crippen molar-refractivity contribution in [1.82, 2.24) is 24.5 Å². The molecule has 212 valence electrons. The van der Waals surface area contributed by atoms with Gasteiger partial charge in [-0.3, -0.25) is 4.98 Å². The summed E-state index contributed by atoms with van der Waals surface area (Å²) in [5.41, 5.74) is 5.00. The van der Waals surface area contributed by atoms with Crippen molar-refractivity contribution in [3.63, 3.8) is 0 Å². The van der Waals surface area contributed by atoms with Gasteiger partial charge in [0.1, 0.15) is 11.4 Å². The van der Waals surface area contributed by atoms with Crippen LogP contribution in [0, 0.1) is 5.82 Å². The summed E-state index contributed by atoms with van der Waals surface area (Å²) in [6.07, 6.45) is 6.87. The predicted molar refractivity (Wildman–Crippen MR) is 160 cm³/mol. The molecule has 41 heavy (non-hydrogen) atoms. The number of para-hydroxylation sites is 1. The van der Waals surface area contributed by atoms with Gasteiger partial charge >= 0.3 is 6.09 Å². The second-order valence-electron chi connectivity index (χ2n) is 10.7. The van der Waals surface area contributed by atoms with Crippen molar-refractivity contribution in [1.29, 1.82) is 0 Å². The zero-order valence-electron chi connectivity index (χ0n) is 24.1. The van der Waals surface area contributed by atoms with E-state index in [0.29, 0.717) is 37.4 Å². The van der Waals surface area contributed by atoms with Gasteiger partial charge in [0.2, 0.25) is 0 Å². The molecule has 9 heteroatoms. The molecule has 1 fully saturated rings. The van der Waals surface area contributed by atoms with Crippen molar-refractivity contribution in [3.8, 4) is 22.3 Å². The first-order valence-corrected chi connectivity index (χ1v) is 14.0. The van der Waals surface area contributed by atoms with Gasteiger partial charge in [0.15, 0.2) is 5.65 Å². The molecule has 0 radical (unpaired) electrons. The quantitative estimate of drug-likeness (QED) is 0.243. The number of aromatic nitrogens is 4. The van der Waals surface area contributed by atoms with Crippen LogP contribution in [0.15, 0.2) is 73.3 Å². The maximum atomic E-state index is 15.3. The molecule has 0 bridgehead atoms. The molecular weight excluding hydrogens is 519 g/mol. The number of piperazine rings is 1. The van der Waals surface area contributed by atoms with Gasteiger partial charge in [-0.15, -0.1) is 0 Å². The van der Waals surface area contributed by atoms with Crippen LogP contribution in [0.3, 0.4) is 0 Å². The molecule has 0 atom stereocenters.